The molecule has 2 aromatic rings. The molecule has 7 heteroatoms. The molecule has 2 amide bonds. The molecule has 3 rings (SSSR count). The van der Waals surface area contributed by atoms with Crippen LogP contribution in [0.2, 0.25) is 10.0 Å². The van der Waals surface area contributed by atoms with Crippen molar-refractivity contribution in [2.45, 2.75) is 25.8 Å². The summed E-state index contributed by atoms with van der Waals surface area (Å²) < 4.78 is 0. The second-order valence-corrected chi connectivity index (χ2v) is 7.08. The largest absolute Gasteiger partial charge is 0.374 e. The van der Waals surface area contributed by atoms with Crippen LogP contribution in [0.1, 0.15) is 19.8 Å². The number of benzene rings is 2. The fourth-order valence-electron chi connectivity index (χ4n) is 2.85. The van der Waals surface area contributed by atoms with Gasteiger partial charge in [-0.25, -0.2) is 0 Å². The van der Waals surface area contributed by atoms with Crippen LogP contribution in [-0.4, -0.2) is 24.4 Å². The highest BCUT2D eigenvalue weighted by Crippen LogP contribution is 2.24. The Morgan fingerprint density at radius 2 is 1.73 bits per heavy atom. The van der Waals surface area contributed by atoms with E-state index in [0.717, 1.165) is 24.3 Å². The van der Waals surface area contributed by atoms with Crippen LogP contribution in [0.5, 0.6) is 0 Å². The SMILES string of the molecule is CC(Nc1ccc(N2CCCC2=O)cc1)C(=O)Nc1cc(Cl)cc(Cl)c1. The Bertz CT molecular complexity index is 804. The number of anilines is 3. The standard InChI is InChI=1S/C19H19Cl2N3O2/c1-12(19(26)23-16-10-13(20)9-14(21)11-16)22-15-4-6-17(7-5-15)24-8-2-3-18(24)25/h4-7,9-12,22H,2-3,8H2,1H3,(H,23,26). The third kappa shape index (κ3) is 4.48. The molecule has 0 radical (unpaired) electrons. The Morgan fingerprint density at radius 3 is 2.31 bits per heavy atom. The highest BCUT2D eigenvalue weighted by molar-refractivity contribution is 6.35. The normalized spacial score (nSPS) is 15.0. The van der Waals surface area contributed by atoms with E-state index >= 15 is 0 Å². The Hall–Kier alpha value is -2.24. The van der Waals surface area contributed by atoms with E-state index in [0.29, 0.717) is 22.2 Å². The van der Waals surface area contributed by atoms with Crippen molar-refractivity contribution in [2.24, 2.45) is 0 Å². The van der Waals surface area contributed by atoms with Gasteiger partial charge in [-0.2, -0.15) is 0 Å². The summed E-state index contributed by atoms with van der Waals surface area (Å²) in [7, 11) is 0. The maximum atomic E-state index is 12.3. The summed E-state index contributed by atoms with van der Waals surface area (Å²) in [5, 5.41) is 6.84. The predicted molar refractivity (Wildman–Crippen MR) is 106 cm³/mol. The quantitative estimate of drug-likeness (QED) is 0.784. The second kappa shape index (κ2) is 7.98. The van der Waals surface area contributed by atoms with Crippen LogP contribution >= 0.6 is 23.2 Å². The van der Waals surface area contributed by atoms with Gasteiger partial charge in [-0.3, -0.25) is 9.59 Å². The van der Waals surface area contributed by atoms with E-state index in [9.17, 15) is 9.59 Å². The monoisotopic (exact) mass is 391 g/mol. The molecule has 5 nitrogen and oxygen atoms in total. The first-order valence-corrected chi connectivity index (χ1v) is 9.12. The molecule has 1 saturated heterocycles. The molecule has 2 N–H and O–H groups in total. The molecule has 1 unspecified atom stereocenters. The number of amides is 2. The maximum absolute atomic E-state index is 12.3. The van der Waals surface area contributed by atoms with E-state index in [1.807, 2.05) is 24.3 Å². The highest BCUT2D eigenvalue weighted by atomic mass is 35.5. The number of nitrogens with one attached hydrogen (secondary N) is 2. The summed E-state index contributed by atoms with van der Waals surface area (Å²) in [6, 6.07) is 11.9. The van der Waals surface area contributed by atoms with Crippen molar-refractivity contribution in [1.29, 1.82) is 0 Å². The molecule has 0 aliphatic carbocycles. The number of hydrogen-bond donors (Lipinski definition) is 2. The summed E-state index contributed by atoms with van der Waals surface area (Å²) in [6.07, 6.45) is 1.49. The van der Waals surface area contributed by atoms with Crippen molar-refractivity contribution in [3.8, 4) is 0 Å². The Labute approximate surface area is 162 Å². The van der Waals surface area contributed by atoms with Crippen LogP contribution < -0.4 is 15.5 Å². The van der Waals surface area contributed by atoms with Gasteiger partial charge in [0, 0.05) is 40.1 Å². The molecule has 1 heterocycles. The van der Waals surface area contributed by atoms with Crippen LogP contribution in [0.3, 0.4) is 0 Å². The van der Waals surface area contributed by atoms with Gasteiger partial charge in [0.1, 0.15) is 6.04 Å². The minimum absolute atomic E-state index is 0.152. The van der Waals surface area contributed by atoms with Gasteiger partial charge in [-0.05, 0) is 55.8 Å². The zero-order chi connectivity index (χ0) is 18.7. The van der Waals surface area contributed by atoms with E-state index in [1.165, 1.54) is 0 Å². The molecule has 0 bridgehead atoms. The summed E-state index contributed by atoms with van der Waals surface area (Å²) in [6.45, 7) is 2.52. The lowest BCUT2D eigenvalue weighted by Crippen LogP contribution is -2.31. The highest BCUT2D eigenvalue weighted by Gasteiger charge is 2.21. The number of rotatable bonds is 5. The first-order valence-electron chi connectivity index (χ1n) is 8.36. The van der Waals surface area contributed by atoms with Gasteiger partial charge in [0.25, 0.3) is 0 Å². The number of nitrogens with zero attached hydrogens (tertiary/aromatic N) is 1. The first-order chi connectivity index (χ1) is 12.4. The summed E-state index contributed by atoms with van der Waals surface area (Å²) in [4.78, 5) is 25.9. The fourth-order valence-corrected chi connectivity index (χ4v) is 3.38. The first kappa shape index (κ1) is 18.5. The van der Waals surface area contributed by atoms with Gasteiger partial charge >= 0.3 is 0 Å². The zero-order valence-electron chi connectivity index (χ0n) is 14.3. The average molecular weight is 392 g/mol. The van der Waals surface area contributed by atoms with Gasteiger partial charge in [-0.1, -0.05) is 23.2 Å². The van der Waals surface area contributed by atoms with E-state index < -0.39 is 6.04 Å². The summed E-state index contributed by atoms with van der Waals surface area (Å²) in [5.74, 6) is -0.0548. The number of carbonyl (C=O) groups excluding carboxylic acids is 2. The van der Waals surface area contributed by atoms with Gasteiger partial charge in [0.15, 0.2) is 0 Å². The molecule has 26 heavy (non-hydrogen) atoms. The minimum atomic E-state index is -0.466. The molecule has 1 fully saturated rings. The lowest BCUT2D eigenvalue weighted by molar-refractivity contribution is -0.117. The van der Waals surface area contributed by atoms with Crippen molar-refractivity contribution < 1.29 is 9.59 Å². The minimum Gasteiger partial charge on any atom is -0.374 e. The fraction of sp³-hybridized carbons (Fsp3) is 0.263. The number of hydrogen-bond acceptors (Lipinski definition) is 3. The van der Waals surface area contributed by atoms with E-state index in [1.54, 1.807) is 30.0 Å². The van der Waals surface area contributed by atoms with Gasteiger partial charge in [0.05, 0.1) is 0 Å². The third-order valence-electron chi connectivity index (χ3n) is 4.16. The zero-order valence-corrected chi connectivity index (χ0v) is 15.8. The predicted octanol–water partition coefficient (Wildman–Crippen LogP) is 4.56. The van der Waals surface area contributed by atoms with Crippen molar-refractivity contribution in [3.63, 3.8) is 0 Å². The molecule has 136 valence electrons. The van der Waals surface area contributed by atoms with Gasteiger partial charge in [-0.15, -0.1) is 0 Å². The topological polar surface area (TPSA) is 61.4 Å². The average Bonchev–Trinajstić information content (AvgIpc) is 3.00. The number of carbonyl (C=O) groups is 2. The molecule has 0 spiro atoms. The van der Waals surface area contributed by atoms with E-state index in [-0.39, 0.29) is 11.8 Å². The van der Waals surface area contributed by atoms with Crippen molar-refractivity contribution in [3.05, 3.63) is 52.5 Å². The van der Waals surface area contributed by atoms with Crippen LogP contribution in [0.25, 0.3) is 0 Å². The lowest BCUT2D eigenvalue weighted by Gasteiger charge is -2.18. The smallest absolute Gasteiger partial charge is 0.246 e. The van der Waals surface area contributed by atoms with E-state index in [2.05, 4.69) is 10.6 Å². The van der Waals surface area contributed by atoms with Crippen molar-refractivity contribution >= 4 is 52.1 Å². The Morgan fingerprint density at radius 1 is 1.08 bits per heavy atom. The maximum Gasteiger partial charge on any atom is 0.246 e. The molecule has 1 aliphatic heterocycles. The van der Waals surface area contributed by atoms with Crippen LogP contribution in [-0.2, 0) is 9.59 Å². The molecular weight excluding hydrogens is 373 g/mol. The molecular formula is C19H19Cl2N3O2. The Kier molecular flexibility index (Phi) is 5.69. The summed E-state index contributed by atoms with van der Waals surface area (Å²) in [5.41, 5.74) is 2.22. The molecule has 0 aromatic heterocycles. The van der Waals surface area contributed by atoms with Gasteiger partial charge in [0.2, 0.25) is 11.8 Å². The molecule has 1 atom stereocenters. The molecule has 0 saturated carbocycles. The van der Waals surface area contributed by atoms with Crippen LogP contribution in [0, 0.1) is 0 Å². The van der Waals surface area contributed by atoms with Crippen LogP contribution in [0.15, 0.2) is 42.5 Å². The third-order valence-corrected chi connectivity index (χ3v) is 4.60. The summed E-state index contributed by atoms with van der Waals surface area (Å²) >= 11 is 11.9. The number of halogens is 2. The van der Waals surface area contributed by atoms with Crippen molar-refractivity contribution in [2.75, 3.05) is 22.1 Å². The molecule has 2 aromatic carbocycles. The second-order valence-electron chi connectivity index (χ2n) is 6.21. The Balaban J connectivity index is 1.60. The molecule has 1 aliphatic rings. The lowest BCUT2D eigenvalue weighted by atomic mass is 10.2. The van der Waals surface area contributed by atoms with E-state index in [4.69, 9.17) is 23.2 Å². The van der Waals surface area contributed by atoms with Crippen LogP contribution in [0.4, 0.5) is 17.1 Å². The van der Waals surface area contributed by atoms with Crippen molar-refractivity contribution in [1.82, 2.24) is 0 Å². The van der Waals surface area contributed by atoms with Gasteiger partial charge < -0.3 is 15.5 Å².